The molecule has 0 bridgehead atoms. The number of aryl methyl sites for hydroxylation is 1. The third kappa shape index (κ3) is 6.62. The number of aromatic nitrogens is 2. The number of hydrogen-bond donors (Lipinski definition) is 3. The number of nitrogens with zero attached hydrogens (tertiary/aromatic N) is 3. The Kier molecular flexibility index (Phi) is 8.56. The van der Waals surface area contributed by atoms with E-state index >= 15 is 0 Å². The van der Waals surface area contributed by atoms with Crippen LogP contribution < -0.4 is 21.3 Å². The first kappa shape index (κ1) is 27.8. The number of carbonyl (C=O) groups is 1. The normalized spacial score (nSPS) is 14.7. The third-order valence-corrected chi connectivity index (χ3v) is 8.55. The predicted octanol–water partition coefficient (Wildman–Crippen LogP) is 6.11. The second kappa shape index (κ2) is 11.7. The van der Waals surface area contributed by atoms with Gasteiger partial charge in [-0.1, -0.05) is 36.4 Å². The highest BCUT2D eigenvalue weighted by atomic mass is 35.5. The highest BCUT2D eigenvalue weighted by Gasteiger charge is 2.23. The zero-order valence-electron chi connectivity index (χ0n) is 22.2. The molecule has 1 saturated heterocycles. The van der Waals surface area contributed by atoms with Crippen molar-refractivity contribution >= 4 is 58.8 Å². The molecule has 8 nitrogen and oxygen atoms in total. The molecule has 1 fully saturated rings. The van der Waals surface area contributed by atoms with E-state index in [4.69, 9.17) is 11.6 Å². The number of amides is 1. The van der Waals surface area contributed by atoms with Crippen molar-refractivity contribution < 1.29 is 9.36 Å². The number of nitrogens with one attached hydrogen (secondary N) is 3. The SMILES string of the molecule is C=CC(=O)Nc1cc(Nc2ncc(Cl)c(Nc3ccccc3P(C)(C)=O)n2)c(C)cc1C1CCN(C)CC1. The highest BCUT2D eigenvalue weighted by Crippen LogP contribution is 2.39. The van der Waals surface area contributed by atoms with Gasteiger partial charge >= 0.3 is 0 Å². The molecular formula is C28H34ClN6O2P. The smallest absolute Gasteiger partial charge is 0.247 e. The zero-order chi connectivity index (χ0) is 27.4. The molecule has 2 heterocycles. The van der Waals surface area contributed by atoms with Gasteiger partial charge in [0, 0.05) is 16.7 Å². The molecule has 2 aromatic carbocycles. The van der Waals surface area contributed by atoms with Crippen LogP contribution in [0.2, 0.25) is 5.02 Å². The van der Waals surface area contributed by atoms with E-state index in [1.165, 1.54) is 12.3 Å². The highest BCUT2D eigenvalue weighted by molar-refractivity contribution is 7.70. The summed E-state index contributed by atoms with van der Waals surface area (Å²) in [6.07, 6.45) is 4.84. The first-order chi connectivity index (χ1) is 18.0. The molecule has 0 spiro atoms. The minimum atomic E-state index is -2.53. The molecule has 1 aliphatic heterocycles. The number of rotatable bonds is 8. The standard InChI is InChI=1S/C28H34ClN6O2P/c1-6-26(36)31-24-16-23(18(2)15-20(24)19-11-13-35(3)14-12-19)33-28-30-17-21(29)27(34-28)32-22-9-7-8-10-25(22)38(4,5)37/h6-10,15-17,19H,1,11-14H2,2-5H3,(H,31,36)(H2,30,32,33,34). The van der Waals surface area contributed by atoms with Gasteiger partial charge in [0.1, 0.15) is 12.2 Å². The first-order valence-corrected chi connectivity index (χ1v) is 15.5. The van der Waals surface area contributed by atoms with Crippen LogP contribution in [0.25, 0.3) is 0 Å². The van der Waals surface area contributed by atoms with Crippen LogP contribution in [0.5, 0.6) is 0 Å². The molecule has 38 heavy (non-hydrogen) atoms. The Hall–Kier alpha value is -3.19. The van der Waals surface area contributed by atoms with E-state index in [-0.39, 0.29) is 5.91 Å². The fraction of sp³-hybridized carbons (Fsp3) is 0.321. The van der Waals surface area contributed by atoms with Gasteiger partial charge in [0.25, 0.3) is 0 Å². The maximum Gasteiger partial charge on any atom is 0.247 e. The van der Waals surface area contributed by atoms with E-state index < -0.39 is 7.14 Å². The molecule has 3 N–H and O–H groups in total. The van der Waals surface area contributed by atoms with Gasteiger partial charge in [-0.05, 0) is 94.6 Å². The summed E-state index contributed by atoms with van der Waals surface area (Å²) >= 11 is 6.42. The van der Waals surface area contributed by atoms with Crippen molar-refractivity contribution in [3.63, 3.8) is 0 Å². The lowest BCUT2D eigenvalue weighted by Gasteiger charge is -2.31. The van der Waals surface area contributed by atoms with Crippen LogP contribution in [0.15, 0.2) is 55.3 Å². The Morgan fingerprint density at radius 3 is 2.53 bits per heavy atom. The fourth-order valence-corrected chi connectivity index (χ4v) is 5.92. The number of para-hydroxylation sites is 1. The van der Waals surface area contributed by atoms with Crippen molar-refractivity contribution in [2.75, 3.05) is 49.4 Å². The number of benzene rings is 2. The summed E-state index contributed by atoms with van der Waals surface area (Å²) < 4.78 is 12.8. The molecule has 0 radical (unpaired) electrons. The lowest BCUT2D eigenvalue weighted by Crippen LogP contribution is -2.29. The molecule has 1 aliphatic rings. The Labute approximate surface area is 229 Å². The zero-order valence-corrected chi connectivity index (χ0v) is 23.9. The maximum atomic E-state index is 12.8. The molecule has 0 aliphatic carbocycles. The van der Waals surface area contributed by atoms with Crippen LogP contribution in [0.3, 0.4) is 0 Å². The number of anilines is 5. The third-order valence-electron chi connectivity index (χ3n) is 6.73. The molecule has 0 atom stereocenters. The molecule has 0 unspecified atom stereocenters. The monoisotopic (exact) mass is 552 g/mol. The Bertz CT molecular complexity index is 1400. The number of carbonyl (C=O) groups excluding carboxylic acids is 1. The van der Waals surface area contributed by atoms with E-state index in [0.717, 1.165) is 48.4 Å². The summed E-state index contributed by atoms with van der Waals surface area (Å²) in [6, 6.07) is 11.5. The van der Waals surface area contributed by atoms with Gasteiger partial charge in [0.2, 0.25) is 11.9 Å². The molecule has 200 valence electrons. The summed E-state index contributed by atoms with van der Waals surface area (Å²) in [5.41, 5.74) is 4.32. The van der Waals surface area contributed by atoms with Gasteiger partial charge in [-0.15, -0.1) is 0 Å². The summed E-state index contributed by atoms with van der Waals surface area (Å²) in [7, 11) is -0.399. The summed E-state index contributed by atoms with van der Waals surface area (Å²) in [5, 5.41) is 10.5. The van der Waals surface area contributed by atoms with Gasteiger partial charge in [0.15, 0.2) is 5.82 Å². The van der Waals surface area contributed by atoms with Crippen molar-refractivity contribution in [1.82, 2.24) is 14.9 Å². The predicted molar refractivity (Wildman–Crippen MR) is 159 cm³/mol. The summed E-state index contributed by atoms with van der Waals surface area (Å²) in [4.78, 5) is 23.5. The number of piperidine rings is 1. The topological polar surface area (TPSA) is 99.2 Å². The maximum absolute atomic E-state index is 12.8. The average molecular weight is 553 g/mol. The second-order valence-electron chi connectivity index (χ2n) is 10.0. The van der Waals surface area contributed by atoms with E-state index in [2.05, 4.69) is 50.5 Å². The molecule has 4 rings (SSSR count). The van der Waals surface area contributed by atoms with Crippen LogP contribution in [-0.4, -0.2) is 54.2 Å². The lowest BCUT2D eigenvalue weighted by atomic mass is 9.87. The number of hydrogen-bond acceptors (Lipinski definition) is 7. The minimum Gasteiger partial charge on any atom is -0.338 e. The Balaban J connectivity index is 1.65. The van der Waals surface area contributed by atoms with Crippen LogP contribution in [0.1, 0.15) is 29.9 Å². The number of halogens is 1. The fourth-order valence-electron chi connectivity index (χ4n) is 4.63. The Morgan fingerprint density at radius 1 is 1.13 bits per heavy atom. The van der Waals surface area contributed by atoms with E-state index in [9.17, 15) is 9.36 Å². The van der Waals surface area contributed by atoms with Crippen LogP contribution in [0, 0.1) is 6.92 Å². The van der Waals surface area contributed by atoms with E-state index in [0.29, 0.717) is 33.7 Å². The Morgan fingerprint density at radius 2 is 1.84 bits per heavy atom. The molecule has 1 amide bonds. The van der Waals surface area contributed by atoms with Crippen molar-refractivity contribution in [2.45, 2.75) is 25.7 Å². The average Bonchev–Trinajstić information content (AvgIpc) is 2.88. The largest absolute Gasteiger partial charge is 0.338 e. The first-order valence-electron chi connectivity index (χ1n) is 12.5. The van der Waals surface area contributed by atoms with Crippen molar-refractivity contribution in [2.24, 2.45) is 0 Å². The van der Waals surface area contributed by atoms with E-state index in [1.807, 2.05) is 37.3 Å². The summed E-state index contributed by atoms with van der Waals surface area (Å²) in [5.74, 6) is 0.827. The molecule has 1 aromatic heterocycles. The molecule has 3 aromatic rings. The van der Waals surface area contributed by atoms with Crippen LogP contribution in [-0.2, 0) is 9.36 Å². The van der Waals surface area contributed by atoms with Crippen molar-refractivity contribution in [3.8, 4) is 0 Å². The molecular weight excluding hydrogens is 519 g/mol. The quantitative estimate of drug-likeness (QED) is 0.229. The minimum absolute atomic E-state index is 0.258. The van der Waals surface area contributed by atoms with Crippen molar-refractivity contribution in [3.05, 3.63) is 71.4 Å². The lowest BCUT2D eigenvalue weighted by molar-refractivity contribution is -0.111. The van der Waals surface area contributed by atoms with Crippen LogP contribution >= 0.6 is 18.7 Å². The molecule has 10 heteroatoms. The van der Waals surface area contributed by atoms with Crippen molar-refractivity contribution in [1.29, 1.82) is 0 Å². The van der Waals surface area contributed by atoms with Gasteiger partial charge in [0.05, 0.1) is 11.9 Å². The second-order valence-corrected chi connectivity index (χ2v) is 13.6. The van der Waals surface area contributed by atoms with Crippen LogP contribution in [0.4, 0.5) is 28.8 Å². The van der Waals surface area contributed by atoms with Gasteiger partial charge < -0.3 is 25.4 Å². The number of likely N-dealkylation sites (tertiary alicyclic amines) is 1. The summed E-state index contributed by atoms with van der Waals surface area (Å²) in [6.45, 7) is 11.1. The van der Waals surface area contributed by atoms with Gasteiger partial charge in [-0.2, -0.15) is 4.98 Å². The molecule has 0 saturated carbocycles. The van der Waals surface area contributed by atoms with Gasteiger partial charge in [-0.25, -0.2) is 4.98 Å². The van der Waals surface area contributed by atoms with E-state index in [1.54, 1.807) is 13.3 Å². The van der Waals surface area contributed by atoms with Gasteiger partial charge in [-0.3, -0.25) is 4.79 Å².